The smallest absolute Gasteiger partial charge is 0.234 e. The van der Waals surface area contributed by atoms with Gasteiger partial charge in [-0.3, -0.25) is 0 Å². The molecule has 0 rings (SSSR count). The summed E-state index contributed by atoms with van der Waals surface area (Å²) in [5.74, 6) is 0. The van der Waals surface area contributed by atoms with Crippen LogP contribution in [-0.2, 0) is 9.22 Å². The molecule has 0 bridgehead atoms. The highest BCUT2D eigenvalue weighted by Crippen LogP contribution is 2.00. The van der Waals surface area contributed by atoms with Crippen molar-refractivity contribution in [3.05, 3.63) is 0 Å². The first-order valence-electron chi connectivity index (χ1n) is 2.71. The molecule has 0 heterocycles. The minimum absolute atomic E-state index is 0.507. The van der Waals surface area contributed by atoms with Crippen LogP contribution in [-0.4, -0.2) is 27.7 Å². The van der Waals surface area contributed by atoms with E-state index in [1.165, 1.54) is 6.08 Å². The van der Waals surface area contributed by atoms with Gasteiger partial charge in [0.2, 0.25) is 14.4 Å². The van der Waals surface area contributed by atoms with Crippen molar-refractivity contribution in [2.24, 2.45) is 4.99 Å². The van der Waals surface area contributed by atoms with Gasteiger partial charge in [-0.15, -0.1) is 0 Å². The second kappa shape index (κ2) is 3.56. The van der Waals surface area contributed by atoms with E-state index in [-0.39, 0.29) is 0 Å². The van der Waals surface area contributed by atoms with Crippen molar-refractivity contribution in [2.45, 2.75) is 13.1 Å². The number of hydrogen-bond donors (Lipinski definition) is 0. The van der Waals surface area contributed by atoms with E-state index in [9.17, 15) is 4.79 Å². The zero-order valence-electron chi connectivity index (χ0n) is 5.97. The maximum absolute atomic E-state index is 9.64. The number of rotatable bonds is 3. The molecule has 0 unspecified atom stereocenters. The van der Waals surface area contributed by atoms with Crippen LogP contribution < -0.4 is 0 Å². The van der Waals surface area contributed by atoms with Gasteiger partial charge in [0.05, 0.1) is 6.17 Å². The Morgan fingerprint density at radius 2 is 2.22 bits per heavy atom. The summed E-state index contributed by atoms with van der Waals surface area (Å²) >= 11 is 0. The molecular weight excluding hydrogens is 134 g/mol. The molecular formula is C5H11NO2Si. The van der Waals surface area contributed by atoms with Crippen LogP contribution in [0.2, 0.25) is 13.1 Å². The standard InChI is InChI=1S/C5H11NO2Si/c1-8-9(2,3)5-6-4-7/h5H2,1-3H3. The Morgan fingerprint density at radius 3 is 2.56 bits per heavy atom. The van der Waals surface area contributed by atoms with E-state index in [1.807, 2.05) is 13.1 Å². The normalized spacial score (nSPS) is 10.6. The molecule has 0 radical (unpaired) electrons. The third kappa shape index (κ3) is 4.09. The van der Waals surface area contributed by atoms with E-state index in [0.717, 1.165) is 0 Å². The summed E-state index contributed by atoms with van der Waals surface area (Å²) in [5.41, 5.74) is 0. The van der Waals surface area contributed by atoms with Gasteiger partial charge in [0.25, 0.3) is 0 Å². The van der Waals surface area contributed by atoms with Crippen LogP contribution in [0.3, 0.4) is 0 Å². The lowest BCUT2D eigenvalue weighted by Crippen LogP contribution is -2.32. The Bertz CT molecular complexity index is 129. The molecule has 3 nitrogen and oxygen atoms in total. The molecule has 0 aromatic heterocycles. The molecule has 0 spiro atoms. The van der Waals surface area contributed by atoms with Gasteiger partial charge < -0.3 is 4.43 Å². The van der Waals surface area contributed by atoms with Gasteiger partial charge in [-0.25, -0.2) is 9.79 Å². The number of nitrogens with zero attached hydrogens (tertiary/aromatic N) is 1. The molecule has 0 saturated carbocycles. The highest BCUT2D eigenvalue weighted by atomic mass is 28.4. The summed E-state index contributed by atoms with van der Waals surface area (Å²) in [7, 11) is 0.0180. The average Bonchev–Trinajstić information content (AvgIpc) is 1.84. The summed E-state index contributed by atoms with van der Waals surface area (Å²) in [5, 5.41) is 0. The molecule has 0 saturated heterocycles. The Labute approximate surface area is 55.9 Å². The second-order valence-corrected chi connectivity index (χ2v) is 6.62. The molecule has 0 fully saturated rings. The fourth-order valence-corrected chi connectivity index (χ4v) is 0.862. The number of isocyanates is 1. The fourth-order valence-electron chi connectivity index (χ4n) is 0.287. The summed E-state index contributed by atoms with van der Waals surface area (Å²) in [6, 6.07) is 0. The Hall–Kier alpha value is -0.443. The lowest BCUT2D eigenvalue weighted by Gasteiger charge is -2.15. The molecule has 0 aliphatic heterocycles. The zero-order chi connectivity index (χ0) is 7.33. The van der Waals surface area contributed by atoms with Gasteiger partial charge in [-0.1, -0.05) is 0 Å². The molecule has 0 aliphatic carbocycles. The first-order valence-corrected chi connectivity index (χ1v) is 5.83. The first kappa shape index (κ1) is 8.56. The van der Waals surface area contributed by atoms with Gasteiger partial charge in [0.1, 0.15) is 0 Å². The van der Waals surface area contributed by atoms with E-state index in [0.29, 0.717) is 6.17 Å². The maximum atomic E-state index is 9.64. The summed E-state index contributed by atoms with van der Waals surface area (Å²) in [6.45, 7) is 3.99. The van der Waals surface area contributed by atoms with E-state index >= 15 is 0 Å². The average molecular weight is 145 g/mol. The lowest BCUT2D eigenvalue weighted by molar-refractivity contribution is 0.405. The van der Waals surface area contributed by atoms with Crippen LogP contribution >= 0.6 is 0 Å². The van der Waals surface area contributed by atoms with Crippen LogP contribution in [0.15, 0.2) is 4.99 Å². The molecule has 0 aromatic rings. The minimum Gasteiger partial charge on any atom is -0.419 e. The van der Waals surface area contributed by atoms with Crippen molar-refractivity contribution < 1.29 is 9.22 Å². The lowest BCUT2D eigenvalue weighted by atomic mass is 11.4. The fraction of sp³-hybridized carbons (Fsp3) is 0.800. The van der Waals surface area contributed by atoms with E-state index in [2.05, 4.69) is 4.99 Å². The molecule has 0 amide bonds. The van der Waals surface area contributed by atoms with Crippen LogP contribution in [0.25, 0.3) is 0 Å². The monoisotopic (exact) mass is 145 g/mol. The van der Waals surface area contributed by atoms with Crippen molar-refractivity contribution in [3.8, 4) is 0 Å². The summed E-state index contributed by atoms with van der Waals surface area (Å²) < 4.78 is 5.11. The molecule has 0 aliphatic rings. The van der Waals surface area contributed by atoms with Crippen molar-refractivity contribution in [1.82, 2.24) is 0 Å². The molecule has 0 atom stereocenters. The highest BCUT2D eigenvalue weighted by molar-refractivity contribution is 6.71. The summed E-state index contributed by atoms with van der Waals surface area (Å²) in [6.07, 6.45) is 1.99. The minimum atomic E-state index is -1.63. The van der Waals surface area contributed by atoms with Crippen LogP contribution in [0, 0.1) is 0 Å². The number of carbonyl (C=O) groups excluding carboxylic acids is 1. The van der Waals surface area contributed by atoms with E-state index < -0.39 is 8.32 Å². The quantitative estimate of drug-likeness (QED) is 0.333. The van der Waals surface area contributed by atoms with Gasteiger partial charge in [-0.2, -0.15) is 0 Å². The molecule has 52 valence electrons. The largest absolute Gasteiger partial charge is 0.419 e. The first-order chi connectivity index (χ1) is 4.12. The molecule has 4 heteroatoms. The van der Waals surface area contributed by atoms with E-state index in [1.54, 1.807) is 7.11 Å². The van der Waals surface area contributed by atoms with Gasteiger partial charge in [0.15, 0.2) is 0 Å². The third-order valence-corrected chi connectivity index (χ3v) is 3.10. The Morgan fingerprint density at radius 1 is 1.67 bits per heavy atom. The number of hydrogen-bond acceptors (Lipinski definition) is 3. The zero-order valence-corrected chi connectivity index (χ0v) is 6.97. The molecule has 0 N–H and O–H groups in total. The molecule has 9 heavy (non-hydrogen) atoms. The Kier molecular flexibility index (Phi) is 3.38. The summed E-state index contributed by atoms with van der Waals surface area (Å²) in [4.78, 5) is 13.1. The van der Waals surface area contributed by atoms with Crippen molar-refractivity contribution in [2.75, 3.05) is 13.3 Å². The molecule has 0 aromatic carbocycles. The maximum Gasteiger partial charge on any atom is 0.234 e. The second-order valence-electron chi connectivity index (χ2n) is 2.37. The van der Waals surface area contributed by atoms with Crippen LogP contribution in [0.1, 0.15) is 0 Å². The van der Waals surface area contributed by atoms with Crippen molar-refractivity contribution >= 4 is 14.4 Å². The van der Waals surface area contributed by atoms with Gasteiger partial charge in [-0.05, 0) is 13.1 Å². The van der Waals surface area contributed by atoms with Crippen molar-refractivity contribution in [1.29, 1.82) is 0 Å². The predicted octanol–water partition coefficient (Wildman–Crippen LogP) is 0.713. The van der Waals surface area contributed by atoms with Gasteiger partial charge >= 0.3 is 0 Å². The SMILES string of the molecule is CO[Si](C)(C)CN=C=O. The number of aliphatic imine (C=N–C) groups is 1. The predicted molar refractivity (Wildman–Crippen MR) is 37.5 cm³/mol. The van der Waals surface area contributed by atoms with Crippen LogP contribution in [0.4, 0.5) is 0 Å². The highest BCUT2D eigenvalue weighted by Gasteiger charge is 2.19. The van der Waals surface area contributed by atoms with Crippen LogP contribution in [0.5, 0.6) is 0 Å². The Balaban J connectivity index is 3.71. The van der Waals surface area contributed by atoms with E-state index in [4.69, 9.17) is 4.43 Å². The van der Waals surface area contributed by atoms with Gasteiger partial charge in [0, 0.05) is 7.11 Å². The third-order valence-electron chi connectivity index (χ3n) is 1.08. The topological polar surface area (TPSA) is 38.7 Å². The van der Waals surface area contributed by atoms with Crippen molar-refractivity contribution in [3.63, 3.8) is 0 Å².